The van der Waals surface area contributed by atoms with E-state index in [4.69, 9.17) is 18.6 Å². The number of nitrogens with one attached hydrogen (secondary N) is 1. The zero-order valence-electron chi connectivity index (χ0n) is 39.6. The third-order valence-corrected chi connectivity index (χ3v) is 17.3. The summed E-state index contributed by atoms with van der Waals surface area (Å²) in [7, 11) is -0.550. The summed E-state index contributed by atoms with van der Waals surface area (Å²) in [6.07, 6.45) is -3.62. The van der Waals surface area contributed by atoms with Crippen molar-refractivity contribution >= 4 is 63.0 Å². The number of carbonyl (C=O) groups excluding carboxylic acids is 1. The molecule has 6 rings (SSSR count). The van der Waals surface area contributed by atoms with Crippen LogP contribution in [0.2, 0.25) is 5.04 Å². The number of hydrogen-bond acceptors (Lipinski definition) is 8. The van der Waals surface area contributed by atoms with Crippen molar-refractivity contribution in [3.05, 3.63) is 113 Å². The molecule has 0 saturated carbocycles. The molecule has 5 aromatic rings. The Hall–Kier alpha value is -4.82. The minimum absolute atomic E-state index is 0.0461. The summed E-state index contributed by atoms with van der Waals surface area (Å²) >= 11 is 3.34. The molecule has 0 aliphatic carbocycles. The van der Waals surface area contributed by atoms with E-state index in [1.807, 2.05) is 18.2 Å². The SMILES string of the molecule is CN1CCC(Nc2cccc3c2cc(C#CCN(C(=O)OC(C)(C)C)c2cc(O)cc(Br)c2)n3CC(F)(F)F)C(CCOCCOCCO[Si](c2ccccc2)(c2ccccc2)C(C)(C)C)C1. The highest BCUT2D eigenvalue weighted by Crippen LogP contribution is 2.37. The smallest absolute Gasteiger partial charge is 0.415 e. The van der Waals surface area contributed by atoms with Crippen molar-refractivity contribution in [2.24, 2.45) is 5.92 Å². The standard InChI is InChI=1S/C52H64BrF3N4O6Si/c1-50(2,3)66-49(62)59(41-32-39(53)33-42(61)34-41)25-15-16-40-35-45-47(21-14-22-48(45)60(40)37-52(54,55)56)57-46-23-26-58(7)36-38(46)24-27-63-28-29-64-30-31-65-67(51(4,5)6,43-17-10-8-11-18-43)44-19-12-9-13-20-44/h8-14,17-22,32-35,38,46,57,61H,23-31,36-37H2,1-7H3. The molecule has 0 bridgehead atoms. The molecule has 2 unspecified atom stereocenters. The van der Waals surface area contributed by atoms with Crippen molar-refractivity contribution < 1.29 is 41.7 Å². The summed E-state index contributed by atoms with van der Waals surface area (Å²) in [6.45, 7) is 14.5. The molecule has 2 atom stereocenters. The third-order valence-electron chi connectivity index (χ3n) is 11.8. The van der Waals surface area contributed by atoms with Crippen LogP contribution in [0.15, 0.2) is 108 Å². The van der Waals surface area contributed by atoms with Crippen molar-refractivity contribution in [3.8, 4) is 17.6 Å². The van der Waals surface area contributed by atoms with E-state index in [1.165, 1.54) is 32.0 Å². The summed E-state index contributed by atoms with van der Waals surface area (Å²) in [5.41, 5.74) is 0.720. The molecule has 67 heavy (non-hydrogen) atoms. The van der Waals surface area contributed by atoms with Gasteiger partial charge >= 0.3 is 12.3 Å². The number of alkyl halides is 3. The lowest BCUT2D eigenvalue weighted by molar-refractivity contribution is -0.140. The molecule has 0 spiro atoms. The first-order valence-electron chi connectivity index (χ1n) is 22.8. The topological polar surface area (TPSA) is 97.7 Å². The van der Waals surface area contributed by atoms with Crippen LogP contribution in [-0.4, -0.2) is 107 Å². The summed E-state index contributed by atoms with van der Waals surface area (Å²) in [5, 5.41) is 16.9. The second kappa shape index (κ2) is 22.5. The number of anilines is 2. The molecule has 0 radical (unpaired) electrons. The lowest BCUT2D eigenvalue weighted by Gasteiger charge is -2.43. The average molecular weight is 1010 g/mol. The Kier molecular flexibility index (Phi) is 17.3. The molecule has 15 heteroatoms. The monoisotopic (exact) mass is 1000 g/mol. The van der Waals surface area contributed by atoms with Crippen molar-refractivity contribution in [2.45, 2.75) is 83.8 Å². The van der Waals surface area contributed by atoms with Crippen LogP contribution in [0.3, 0.4) is 0 Å². The van der Waals surface area contributed by atoms with Crippen LogP contribution < -0.4 is 20.6 Å². The van der Waals surface area contributed by atoms with Crippen molar-refractivity contribution in [2.75, 3.05) is 69.9 Å². The molecule has 360 valence electrons. The quantitative estimate of drug-likeness (QED) is 0.0540. The number of nitrogens with zero attached hydrogens (tertiary/aromatic N) is 3. The fraction of sp³-hybridized carbons (Fsp3) is 0.442. The molecule has 1 aromatic heterocycles. The van der Waals surface area contributed by atoms with Crippen molar-refractivity contribution in [1.29, 1.82) is 0 Å². The molecule has 10 nitrogen and oxygen atoms in total. The van der Waals surface area contributed by atoms with Gasteiger partial charge in [-0.15, -0.1) is 0 Å². The van der Waals surface area contributed by atoms with Gasteiger partial charge in [0.1, 0.15) is 17.9 Å². The van der Waals surface area contributed by atoms with E-state index in [-0.39, 0.29) is 35.0 Å². The number of halogens is 4. The number of carbonyl (C=O) groups is 1. The van der Waals surface area contributed by atoms with E-state index in [0.717, 1.165) is 31.6 Å². The number of phenols is 1. The first-order chi connectivity index (χ1) is 31.7. The van der Waals surface area contributed by atoms with Gasteiger partial charge in [0, 0.05) is 40.8 Å². The number of aromatic nitrogens is 1. The molecule has 1 amide bonds. The van der Waals surface area contributed by atoms with Gasteiger partial charge in [0.05, 0.1) is 49.9 Å². The molecule has 1 saturated heterocycles. The number of ether oxygens (including phenoxy) is 3. The van der Waals surface area contributed by atoms with Crippen LogP contribution in [0.5, 0.6) is 5.75 Å². The highest BCUT2D eigenvalue weighted by Gasteiger charge is 2.50. The molecular weight excluding hydrogens is 942 g/mol. The van der Waals surface area contributed by atoms with Crippen LogP contribution in [0.4, 0.5) is 29.3 Å². The van der Waals surface area contributed by atoms with E-state index in [0.29, 0.717) is 54.1 Å². The number of aromatic hydroxyl groups is 1. The van der Waals surface area contributed by atoms with Crippen LogP contribution in [0.1, 0.15) is 60.1 Å². The summed E-state index contributed by atoms with van der Waals surface area (Å²) in [5.74, 6) is 5.95. The van der Waals surface area contributed by atoms with Crippen molar-refractivity contribution in [1.82, 2.24) is 9.47 Å². The number of benzene rings is 4. The van der Waals surface area contributed by atoms with E-state index in [1.54, 1.807) is 45.0 Å². The summed E-state index contributed by atoms with van der Waals surface area (Å²) in [4.78, 5) is 16.9. The van der Waals surface area contributed by atoms with E-state index < -0.39 is 32.7 Å². The van der Waals surface area contributed by atoms with Gasteiger partial charge in [0.15, 0.2) is 0 Å². The zero-order chi connectivity index (χ0) is 48.4. The number of fused-ring (bicyclic) bond motifs is 1. The summed E-state index contributed by atoms with van der Waals surface area (Å²) < 4.78 is 68.8. The van der Waals surface area contributed by atoms with Gasteiger partial charge in [-0.05, 0) is 105 Å². The second-order valence-corrected chi connectivity index (χ2v) is 24.3. The van der Waals surface area contributed by atoms with Crippen molar-refractivity contribution in [3.63, 3.8) is 0 Å². The molecule has 1 aliphatic rings. The Labute approximate surface area is 403 Å². The lowest BCUT2D eigenvalue weighted by atomic mass is 9.89. The zero-order valence-corrected chi connectivity index (χ0v) is 42.2. The minimum Gasteiger partial charge on any atom is -0.508 e. The average Bonchev–Trinajstić information content (AvgIpc) is 3.59. The van der Waals surface area contributed by atoms with E-state index in [9.17, 15) is 23.1 Å². The number of phenolic OH excluding ortho intramolecular Hbond substituents is 1. The van der Waals surface area contributed by atoms with E-state index >= 15 is 0 Å². The third kappa shape index (κ3) is 13.9. The Morgan fingerprint density at radius 2 is 1.51 bits per heavy atom. The Bertz CT molecular complexity index is 2410. The predicted octanol–water partition coefficient (Wildman–Crippen LogP) is 10.2. The minimum atomic E-state index is -4.52. The molecular formula is C52H64BrF3N4O6Si. The number of rotatable bonds is 17. The number of amides is 1. The maximum atomic E-state index is 14.1. The number of piperidine rings is 1. The van der Waals surface area contributed by atoms with Crippen LogP contribution >= 0.6 is 15.9 Å². The largest absolute Gasteiger partial charge is 0.508 e. The molecule has 2 heterocycles. The van der Waals surface area contributed by atoms with Gasteiger partial charge in [-0.3, -0.25) is 4.90 Å². The number of hydrogen-bond donors (Lipinski definition) is 2. The predicted molar refractivity (Wildman–Crippen MR) is 267 cm³/mol. The highest BCUT2D eigenvalue weighted by atomic mass is 79.9. The Morgan fingerprint density at radius 1 is 0.866 bits per heavy atom. The molecule has 4 aromatic carbocycles. The first-order valence-corrected chi connectivity index (χ1v) is 25.5. The highest BCUT2D eigenvalue weighted by molar-refractivity contribution is 9.10. The van der Waals surface area contributed by atoms with Crippen LogP contribution in [0.25, 0.3) is 10.9 Å². The fourth-order valence-electron chi connectivity index (χ4n) is 8.83. The van der Waals surface area contributed by atoms with Crippen LogP contribution in [-0.2, 0) is 25.2 Å². The van der Waals surface area contributed by atoms with Gasteiger partial charge in [-0.25, -0.2) is 4.79 Å². The van der Waals surface area contributed by atoms with Gasteiger partial charge in [-0.1, -0.05) is 109 Å². The van der Waals surface area contributed by atoms with Gasteiger partial charge < -0.3 is 38.5 Å². The maximum Gasteiger partial charge on any atom is 0.415 e. The second-order valence-electron chi connectivity index (χ2n) is 19.1. The molecule has 1 fully saturated rings. The molecule has 2 N–H and O–H groups in total. The van der Waals surface area contributed by atoms with Gasteiger partial charge in [-0.2, -0.15) is 13.2 Å². The Balaban J connectivity index is 1.09. The summed E-state index contributed by atoms with van der Waals surface area (Å²) in [6, 6.07) is 32.6. The maximum absolute atomic E-state index is 14.1. The number of likely N-dealkylation sites (tertiary alicyclic amines) is 1. The first kappa shape index (κ1) is 51.6. The van der Waals surface area contributed by atoms with E-state index in [2.05, 4.69) is 114 Å². The van der Waals surface area contributed by atoms with Crippen LogP contribution in [0, 0.1) is 17.8 Å². The fourth-order valence-corrected chi connectivity index (χ4v) is 13.8. The van der Waals surface area contributed by atoms with Gasteiger partial charge in [0.2, 0.25) is 0 Å². The molecule has 1 aliphatic heterocycles. The Morgan fingerprint density at radius 3 is 2.12 bits per heavy atom. The lowest BCUT2D eigenvalue weighted by Crippen LogP contribution is -2.66. The normalized spacial score (nSPS) is 16.1. The van der Waals surface area contributed by atoms with Gasteiger partial charge in [0.25, 0.3) is 8.32 Å².